The Hall–Kier alpha value is -3.31. The summed E-state index contributed by atoms with van der Waals surface area (Å²) in [5, 5.41) is 11.2. The first-order chi connectivity index (χ1) is 14.6. The second-order valence-electron chi connectivity index (χ2n) is 7.03. The van der Waals surface area contributed by atoms with E-state index in [-0.39, 0.29) is 42.2 Å². The molecule has 0 bridgehead atoms. The van der Waals surface area contributed by atoms with Crippen molar-refractivity contribution in [2.45, 2.75) is 11.8 Å². The van der Waals surface area contributed by atoms with E-state index < -0.39 is 32.5 Å². The molecule has 0 aliphatic carbocycles. The van der Waals surface area contributed by atoms with E-state index in [0.29, 0.717) is 0 Å². The monoisotopic (exact) mass is 447 g/mol. The summed E-state index contributed by atoms with van der Waals surface area (Å²) < 4.78 is 31.5. The minimum Gasteiger partial charge on any atom is -0.465 e. The van der Waals surface area contributed by atoms with Crippen LogP contribution in [0.4, 0.5) is 5.69 Å². The van der Waals surface area contributed by atoms with E-state index in [4.69, 9.17) is 0 Å². The minimum atomic E-state index is -3.69. The number of aryl methyl sites for hydroxylation is 1. The van der Waals surface area contributed by atoms with Gasteiger partial charge in [-0.05, 0) is 25.1 Å². The first kappa shape index (κ1) is 22.4. The number of methoxy groups -OCH3 is 1. The summed E-state index contributed by atoms with van der Waals surface area (Å²) in [6, 6.07) is 9.87. The maximum Gasteiger partial charge on any atom is 0.338 e. The number of hydrogen-bond donors (Lipinski definition) is 0. The predicted molar refractivity (Wildman–Crippen MR) is 110 cm³/mol. The number of esters is 1. The number of ether oxygens (including phenoxy) is 1. The number of piperazine rings is 1. The molecule has 0 N–H and O–H groups in total. The third-order valence-electron chi connectivity index (χ3n) is 4.98. The van der Waals surface area contributed by atoms with Crippen LogP contribution in [0.15, 0.2) is 47.4 Å². The maximum atomic E-state index is 12.9. The number of nitro benzene ring substituents is 1. The van der Waals surface area contributed by atoms with Gasteiger partial charge in [-0.15, -0.1) is 0 Å². The first-order valence-electron chi connectivity index (χ1n) is 9.37. The average molecular weight is 447 g/mol. The van der Waals surface area contributed by atoms with Gasteiger partial charge in [0, 0.05) is 43.9 Å². The van der Waals surface area contributed by atoms with E-state index in [9.17, 15) is 28.1 Å². The first-order valence-corrected chi connectivity index (χ1v) is 10.8. The zero-order chi connectivity index (χ0) is 22.8. The molecule has 0 aromatic heterocycles. The summed E-state index contributed by atoms with van der Waals surface area (Å²) in [5.41, 5.74) is 0.384. The molecular weight excluding hydrogens is 426 g/mol. The molecule has 0 unspecified atom stereocenters. The summed E-state index contributed by atoms with van der Waals surface area (Å²) in [7, 11) is -2.55. The van der Waals surface area contributed by atoms with Gasteiger partial charge in [-0.25, -0.2) is 13.2 Å². The van der Waals surface area contributed by atoms with Crippen LogP contribution in [0.25, 0.3) is 0 Å². The highest BCUT2D eigenvalue weighted by Crippen LogP contribution is 2.22. The molecule has 1 aliphatic rings. The Labute approximate surface area is 179 Å². The molecule has 0 spiro atoms. The molecule has 2 aromatic rings. The lowest BCUT2D eigenvalue weighted by atomic mass is 10.1. The van der Waals surface area contributed by atoms with Gasteiger partial charge in [0.15, 0.2) is 0 Å². The number of benzene rings is 2. The number of rotatable bonds is 5. The number of carbonyl (C=O) groups excluding carboxylic acids is 2. The van der Waals surface area contributed by atoms with Gasteiger partial charge in [-0.1, -0.05) is 17.7 Å². The fourth-order valence-corrected chi connectivity index (χ4v) is 4.67. The number of nitro groups is 1. The molecule has 2 aromatic carbocycles. The van der Waals surface area contributed by atoms with Crippen LogP contribution in [0.3, 0.4) is 0 Å². The average Bonchev–Trinajstić information content (AvgIpc) is 2.78. The van der Waals surface area contributed by atoms with Crippen LogP contribution in [-0.4, -0.2) is 67.7 Å². The lowest BCUT2D eigenvalue weighted by Gasteiger charge is -2.34. The highest BCUT2D eigenvalue weighted by atomic mass is 32.2. The van der Waals surface area contributed by atoms with Gasteiger partial charge >= 0.3 is 5.97 Å². The normalized spacial score (nSPS) is 14.8. The highest BCUT2D eigenvalue weighted by Gasteiger charge is 2.31. The molecular formula is C20H21N3O7S. The van der Waals surface area contributed by atoms with E-state index in [0.717, 1.165) is 24.8 Å². The second-order valence-corrected chi connectivity index (χ2v) is 8.96. The fourth-order valence-electron chi connectivity index (χ4n) is 3.25. The topological polar surface area (TPSA) is 127 Å². The fraction of sp³-hybridized carbons (Fsp3) is 0.300. The SMILES string of the molecule is COC(=O)c1cc(C(=O)N2CCN(S(=O)(=O)c3ccc(C)cc3)CC2)cc([N+](=O)[O-])c1. The van der Waals surface area contributed by atoms with E-state index in [1.54, 1.807) is 24.3 Å². The zero-order valence-corrected chi connectivity index (χ0v) is 17.8. The molecule has 1 heterocycles. The van der Waals surface area contributed by atoms with Crippen molar-refractivity contribution < 1.29 is 27.7 Å². The lowest BCUT2D eigenvalue weighted by molar-refractivity contribution is -0.384. The van der Waals surface area contributed by atoms with E-state index in [2.05, 4.69) is 4.74 Å². The third kappa shape index (κ3) is 4.72. The van der Waals surface area contributed by atoms with Crippen molar-refractivity contribution in [3.05, 3.63) is 69.3 Å². The summed E-state index contributed by atoms with van der Waals surface area (Å²) in [4.78, 5) is 36.8. The minimum absolute atomic E-state index is 0.0376. The lowest BCUT2D eigenvalue weighted by Crippen LogP contribution is -2.50. The molecule has 3 rings (SSSR count). The molecule has 1 fully saturated rings. The Morgan fingerprint density at radius 2 is 1.58 bits per heavy atom. The smallest absolute Gasteiger partial charge is 0.338 e. The van der Waals surface area contributed by atoms with Crippen LogP contribution < -0.4 is 0 Å². The molecule has 1 saturated heterocycles. The molecule has 31 heavy (non-hydrogen) atoms. The van der Waals surface area contributed by atoms with E-state index >= 15 is 0 Å². The molecule has 0 atom stereocenters. The molecule has 0 saturated carbocycles. The molecule has 11 heteroatoms. The highest BCUT2D eigenvalue weighted by molar-refractivity contribution is 7.89. The van der Waals surface area contributed by atoms with Crippen LogP contribution in [0, 0.1) is 17.0 Å². The van der Waals surface area contributed by atoms with Crippen LogP contribution in [0.2, 0.25) is 0 Å². The number of hydrogen-bond acceptors (Lipinski definition) is 7. The van der Waals surface area contributed by atoms with Gasteiger partial charge in [0.1, 0.15) is 0 Å². The molecule has 10 nitrogen and oxygen atoms in total. The Bertz CT molecular complexity index is 1120. The van der Waals surface area contributed by atoms with Crippen LogP contribution in [0.5, 0.6) is 0 Å². The van der Waals surface area contributed by atoms with Crippen LogP contribution in [0.1, 0.15) is 26.3 Å². The van der Waals surface area contributed by atoms with Crippen molar-refractivity contribution in [2.24, 2.45) is 0 Å². The van der Waals surface area contributed by atoms with Gasteiger partial charge in [0.05, 0.1) is 22.5 Å². The van der Waals surface area contributed by atoms with E-state index in [1.807, 2.05) is 6.92 Å². The summed E-state index contributed by atoms with van der Waals surface area (Å²) in [5.74, 6) is -1.33. The van der Waals surface area contributed by atoms with Gasteiger partial charge < -0.3 is 9.64 Å². The Morgan fingerprint density at radius 1 is 1.00 bits per heavy atom. The molecule has 164 valence electrons. The van der Waals surface area contributed by atoms with Crippen molar-refractivity contribution in [3.63, 3.8) is 0 Å². The molecule has 0 radical (unpaired) electrons. The van der Waals surface area contributed by atoms with Gasteiger partial charge in [0.25, 0.3) is 11.6 Å². The Morgan fingerprint density at radius 3 is 2.13 bits per heavy atom. The van der Waals surface area contributed by atoms with Gasteiger partial charge in [-0.2, -0.15) is 4.31 Å². The summed E-state index contributed by atoms with van der Waals surface area (Å²) in [6.45, 7) is 2.25. The molecule has 1 aliphatic heterocycles. The second kappa shape index (κ2) is 8.82. The summed E-state index contributed by atoms with van der Waals surface area (Å²) in [6.07, 6.45) is 0. The summed E-state index contributed by atoms with van der Waals surface area (Å²) >= 11 is 0. The van der Waals surface area contributed by atoms with Gasteiger partial charge in [0.2, 0.25) is 10.0 Å². The van der Waals surface area contributed by atoms with Crippen molar-refractivity contribution in [1.29, 1.82) is 0 Å². The number of amides is 1. The standard InChI is InChI=1S/C20H21N3O7S/c1-14-3-5-18(6-4-14)31(28,29)22-9-7-21(8-10-22)19(24)15-11-16(20(25)30-2)13-17(12-15)23(26)27/h3-6,11-13H,7-10H2,1-2H3. The number of sulfonamides is 1. The Balaban J connectivity index is 1.77. The van der Waals surface area contributed by atoms with Crippen molar-refractivity contribution in [2.75, 3.05) is 33.3 Å². The number of nitrogens with zero attached hydrogens (tertiary/aromatic N) is 3. The predicted octanol–water partition coefficient (Wildman–Crippen LogP) is 1.84. The number of non-ortho nitro benzene ring substituents is 1. The maximum absolute atomic E-state index is 12.9. The van der Waals surface area contributed by atoms with E-state index in [1.165, 1.54) is 15.3 Å². The number of carbonyl (C=O) groups is 2. The quantitative estimate of drug-likeness (QED) is 0.389. The van der Waals surface area contributed by atoms with Gasteiger partial charge in [-0.3, -0.25) is 14.9 Å². The third-order valence-corrected chi connectivity index (χ3v) is 6.89. The van der Waals surface area contributed by atoms with Crippen LogP contribution >= 0.6 is 0 Å². The Kier molecular flexibility index (Phi) is 6.37. The largest absolute Gasteiger partial charge is 0.465 e. The van der Waals surface area contributed by atoms with Crippen LogP contribution in [-0.2, 0) is 14.8 Å². The van der Waals surface area contributed by atoms with Crippen molar-refractivity contribution in [1.82, 2.24) is 9.21 Å². The zero-order valence-electron chi connectivity index (χ0n) is 17.0. The van der Waals surface area contributed by atoms with Crippen molar-refractivity contribution in [3.8, 4) is 0 Å². The van der Waals surface area contributed by atoms with Crippen molar-refractivity contribution >= 4 is 27.6 Å². The molecule has 1 amide bonds.